The summed E-state index contributed by atoms with van der Waals surface area (Å²) in [5, 5.41) is 2.62. The highest BCUT2D eigenvalue weighted by Gasteiger charge is 2.27. The highest BCUT2D eigenvalue weighted by atomic mass is 35.5. The summed E-state index contributed by atoms with van der Waals surface area (Å²) in [6.45, 7) is 2.23. The van der Waals surface area contributed by atoms with Crippen molar-refractivity contribution < 1.29 is 17.6 Å². The fraction of sp³-hybridized carbons (Fsp3) is 0.316. The molecule has 2 aromatic rings. The molecular formula is C19H20ClFN2O3S. The summed E-state index contributed by atoms with van der Waals surface area (Å²) in [7, 11) is -3.42. The molecule has 0 saturated carbocycles. The number of nitrogens with zero attached hydrogens (tertiary/aromatic N) is 1. The number of nitrogens with one attached hydrogen (secondary N) is 1. The molecule has 1 amide bonds. The van der Waals surface area contributed by atoms with Gasteiger partial charge in [-0.2, -0.15) is 0 Å². The number of benzene rings is 2. The van der Waals surface area contributed by atoms with Crippen LogP contribution in [0.2, 0.25) is 5.02 Å². The second-order valence-electron chi connectivity index (χ2n) is 6.39. The number of halogens is 2. The van der Waals surface area contributed by atoms with Crippen LogP contribution < -0.4 is 9.62 Å². The SMILES string of the molecule is CCCS(=O)(=O)N1CCCc2ccc(NC(=O)c3c(F)cccc3Cl)cc21. The van der Waals surface area contributed by atoms with Crippen LogP contribution in [-0.4, -0.2) is 26.6 Å². The minimum Gasteiger partial charge on any atom is -0.322 e. The molecule has 0 saturated heterocycles. The maximum atomic E-state index is 13.9. The summed E-state index contributed by atoms with van der Waals surface area (Å²) >= 11 is 5.94. The van der Waals surface area contributed by atoms with Gasteiger partial charge in [0, 0.05) is 12.2 Å². The minimum atomic E-state index is -3.42. The van der Waals surface area contributed by atoms with Crippen molar-refractivity contribution in [2.75, 3.05) is 21.9 Å². The van der Waals surface area contributed by atoms with Gasteiger partial charge in [0.15, 0.2) is 0 Å². The zero-order valence-corrected chi connectivity index (χ0v) is 16.4. The van der Waals surface area contributed by atoms with Gasteiger partial charge in [-0.25, -0.2) is 12.8 Å². The zero-order chi connectivity index (χ0) is 19.6. The Morgan fingerprint density at radius 2 is 2.07 bits per heavy atom. The van der Waals surface area contributed by atoms with Gasteiger partial charge >= 0.3 is 0 Å². The molecule has 0 radical (unpaired) electrons. The molecule has 2 aromatic carbocycles. The second-order valence-corrected chi connectivity index (χ2v) is 8.81. The van der Waals surface area contributed by atoms with Gasteiger partial charge in [0.25, 0.3) is 5.91 Å². The van der Waals surface area contributed by atoms with Crippen LogP contribution in [0.4, 0.5) is 15.8 Å². The average molecular weight is 411 g/mol. The molecule has 1 aliphatic heterocycles. The number of hydrogen-bond acceptors (Lipinski definition) is 3. The van der Waals surface area contributed by atoms with Crippen molar-refractivity contribution in [3.8, 4) is 0 Å². The van der Waals surface area contributed by atoms with Crippen LogP contribution in [0.5, 0.6) is 0 Å². The van der Waals surface area contributed by atoms with Gasteiger partial charge in [0.1, 0.15) is 5.82 Å². The molecule has 0 bridgehead atoms. The Kier molecular flexibility index (Phi) is 5.72. The van der Waals surface area contributed by atoms with E-state index in [1.165, 1.54) is 16.4 Å². The molecule has 1 N–H and O–H groups in total. The summed E-state index contributed by atoms with van der Waals surface area (Å²) in [6.07, 6.45) is 2.03. The molecule has 0 unspecified atom stereocenters. The number of amides is 1. The van der Waals surface area contributed by atoms with Crippen LogP contribution >= 0.6 is 11.6 Å². The third kappa shape index (κ3) is 4.09. The van der Waals surface area contributed by atoms with E-state index in [-0.39, 0.29) is 16.3 Å². The number of anilines is 2. The van der Waals surface area contributed by atoms with E-state index in [1.807, 2.05) is 6.92 Å². The molecule has 5 nitrogen and oxygen atoms in total. The molecule has 8 heteroatoms. The van der Waals surface area contributed by atoms with Gasteiger partial charge in [-0.1, -0.05) is 30.7 Å². The summed E-state index contributed by atoms with van der Waals surface area (Å²) in [4.78, 5) is 12.4. The van der Waals surface area contributed by atoms with Crippen LogP contribution in [-0.2, 0) is 16.4 Å². The molecule has 144 valence electrons. The minimum absolute atomic E-state index is 0.0117. The predicted molar refractivity (Wildman–Crippen MR) is 106 cm³/mol. The Bertz CT molecular complexity index is 959. The summed E-state index contributed by atoms with van der Waals surface area (Å²) in [6, 6.07) is 9.11. The van der Waals surface area contributed by atoms with E-state index in [0.717, 1.165) is 24.5 Å². The van der Waals surface area contributed by atoms with E-state index in [0.29, 0.717) is 24.3 Å². The molecular weight excluding hydrogens is 391 g/mol. The van der Waals surface area contributed by atoms with E-state index in [1.54, 1.807) is 18.2 Å². The smallest absolute Gasteiger partial charge is 0.260 e. The van der Waals surface area contributed by atoms with Crippen molar-refractivity contribution in [2.24, 2.45) is 0 Å². The quantitative estimate of drug-likeness (QED) is 0.802. The Labute approximate surface area is 163 Å². The first-order valence-electron chi connectivity index (χ1n) is 8.72. The van der Waals surface area contributed by atoms with E-state index >= 15 is 0 Å². The Morgan fingerprint density at radius 1 is 1.30 bits per heavy atom. The first-order valence-corrected chi connectivity index (χ1v) is 10.7. The third-order valence-electron chi connectivity index (χ3n) is 4.41. The lowest BCUT2D eigenvalue weighted by atomic mass is 10.0. The Balaban J connectivity index is 1.92. The second kappa shape index (κ2) is 7.86. The molecule has 0 fully saturated rings. The summed E-state index contributed by atoms with van der Waals surface area (Å²) in [5.41, 5.74) is 1.61. The lowest BCUT2D eigenvalue weighted by molar-refractivity contribution is 0.102. The topological polar surface area (TPSA) is 66.5 Å². The first-order chi connectivity index (χ1) is 12.8. The third-order valence-corrected chi connectivity index (χ3v) is 6.70. The zero-order valence-electron chi connectivity index (χ0n) is 14.8. The summed E-state index contributed by atoms with van der Waals surface area (Å²) in [5.74, 6) is -1.34. The normalized spacial score (nSPS) is 14.0. The van der Waals surface area contributed by atoms with E-state index in [4.69, 9.17) is 11.6 Å². The van der Waals surface area contributed by atoms with E-state index in [9.17, 15) is 17.6 Å². The fourth-order valence-electron chi connectivity index (χ4n) is 3.18. The molecule has 1 aliphatic rings. The van der Waals surface area contributed by atoms with E-state index in [2.05, 4.69) is 5.32 Å². The Morgan fingerprint density at radius 3 is 2.78 bits per heavy atom. The molecule has 3 rings (SSSR count). The standard InChI is InChI=1S/C19H20ClFN2O3S/c1-2-11-27(25,26)23-10-4-5-13-8-9-14(12-17(13)23)22-19(24)18-15(20)6-3-7-16(18)21/h3,6-9,12H,2,4-5,10-11H2,1H3,(H,22,24). The van der Waals surface area contributed by atoms with Crippen LogP contribution in [0.3, 0.4) is 0 Å². The maximum Gasteiger partial charge on any atom is 0.260 e. The summed E-state index contributed by atoms with van der Waals surface area (Å²) < 4.78 is 40.5. The lowest BCUT2D eigenvalue weighted by Crippen LogP contribution is -2.37. The number of hydrogen-bond donors (Lipinski definition) is 1. The number of rotatable bonds is 5. The monoisotopic (exact) mass is 410 g/mol. The molecule has 27 heavy (non-hydrogen) atoms. The number of sulfonamides is 1. The van der Waals surface area contributed by atoms with Crippen molar-refractivity contribution in [3.63, 3.8) is 0 Å². The molecule has 0 atom stereocenters. The van der Waals surface area contributed by atoms with Crippen LogP contribution in [0.25, 0.3) is 0 Å². The van der Waals surface area contributed by atoms with Gasteiger partial charge in [0.05, 0.1) is 22.0 Å². The predicted octanol–water partition coefficient (Wildman–Crippen LogP) is 4.22. The highest BCUT2D eigenvalue weighted by molar-refractivity contribution is 7.92. The van der Waals surface area contributed by atoms with Gasteiger partial charge in [-0.15, -0.1) is 0 Å². The van der Waals surface area contributed by atoms with Crippen LogP contribution in [0.15, 0.2) is 36.4 Å². The van der Waals surface area contributed by atoms with Crippen molar-refractivity contribution in [3.05, 3.63) is 58.4 Å². The lowest BCUT2D eigenvalue weighted by Gasteiger charge is -2.31. The molecule has 0 aromatic heterocycles. The number of carbonyl (C=O) groups excluding carboxylic acids is 1. The van der Waals surface area contributed by atoms with Gasteiger partial charge in [-0.05, 0) is 49.1 Å². The largest absolute Gasteiger partial charge is 0.322 e. The van der Waals surface area contributed by atoms with Crippen molar-refractivity contribution in [2.45, 2.75) is 26.2 Å². The average Bonchev–Trinajstić information content (AvgIpc) is 2.61. The number of aryl methyl sites for hydroxylation is 1. The van der Waals surface area contributed by atoms with Crippen LogP contribution in [0.1, 0.15) is 35.7 Å². The number of carbonyl (C=O) groups is 1. The van der Waals surface area contributed by atoms with Gasteiger partial charge in [-0.3, -0.25) is 9.10 Å². The number of fused-ring (bicyclic) bond motifs is 1. The molecule has 0 aliphatic carbocycles. The van der Waals surface area contributed by atoms with Crippen molar-refractivity contribution >= 4 is 38.9 Å². The van der Waals surface area contributed by atoms with Gasteiger partial charge < -0.3 is 5.32 Å². The first kappa shape index (κ1) is 19.6. The van der Waals surface area contributed by atoms with Gasteiger partial charge in [0.2, 0.25) is 10.0 Å². The highest BCUT2D eigenvalue weighted by Crippen LogP contribution is 2.32. The maximum absolute atomic E-state index is 13.9. The van der Waals surface area contributed by atoms with E-state index < -0.39 is 21.7 Å². The Hall–Kier alpha value is -2.12. The molecule has 1 heterocycles. The van der Waals surface area contributed by atoms with Crippen molar-refractivity contribution in [1.82, 2.24) is 0 Å². The fourth-order valence-corrected chi connectivity index (χ4v) is 5.05. The molecule has 0 spiro atoms. The van der Waals surface area contributed by atoms with Crippen LogP contribution in [0, 0.1) is 5.82 Å². The van der Waals surface area contributed by atoms with Crippen molar-refractivity contribution in [1.29, 1.82) is 0 Å².